The molecule has 0 amide bonds. The lowest BCUT2D eigenvalue weighted by Gasteiger charge is -2.58. The van der Waals surface area contributed by atoms with Gasteiger partial charge in [-0.1, -0.05) is 44.1 Å². The van der Waals surface area contributed by atoms with Crippen molar-refractivity contribution in [2.24, 2.45) is 28.6 Å². The molecule has 5 heteroatoms. The lowest BCUT2D eigenvalue weighted by atomic mass is 9.45. The summed E-state index contributed by atoms with van der Waals surface area (Å²) < 4.78 is 18.3. The van der Waals surface area contributed by atoms with E-state index in [1.807, 2.05) is 19.1 Å². The lowest BCUT2D eigenvalue weighted by Crippen LogP contribution is -2.64. The van der Waals surface area contributed by atoms with Gasteiger partial charge in [0.25, 0.3) is 0 Å². The van der Waals surface area contributed by atoms with Crippen LogP contribution in [0.5, 0.6) is 5.75 Å². The smallest absolute Gasteiger partial charge is 0.316 e. The van der Waals surface area contributed by atoms with E-state index in [4.69, 9.17) is 14.2 Å². The molecule has 2 saturated heterocycles. The molecule has 3 fully saturated rings. The van der Waals surface area contributed by atoms with Gasteiger partial charge in [-0.2, -0.15) is 0 Å². The molecule has 2 aliphatic heterocycles. The Morgan fingerprint density at radius 2 is 1.85 bits per heavy atom. The highest BCUT2D eigenvalue weighted by atomic mass is 16.6. The van der Waals surface area contributed by atoms with Crippen molar-refractivity contribution in [2.45, 2.75) is 71.2 Å². The van der Waals surface area contributed by atoms with Crippen LogP contribution in [0.4, 0.5) is 0 Å². The van der Waals surface area contributed by atoms with Crippen LogP contribution in [-0.2, 0) is 19.1 Å². The molecule has 5 nitrogen and oxygen atoms in total. The van der Waals surface area contributed by atoms with Gasteiger partial charge in [0.2, 0.25) is 0 Å². The lowest BCUT2D eigenvalue weighted by molar-refractivity contribution is -0.202. The first-order chi connectivity index (χ1) is 16.2. The van der Waals surface area contributed by atoms with Crippen LogP contribution in [0.1, 0.15) is 58.4 Å². The Morgan fingerprint density at radius 1 is 1.12 bits per heavy atom. The molecule has 9 atom stereocenters. The second-order valence-corrected chi connectivity index (χ2v) is 11.4. The van der Waals surface area contributed by atoms with Gasteiger partial charge in [0, 0.05) is 17.3 Å². The number of fused-ring (bicyclic) bond motifs is 3. The Hall–Kier alpha value is -2.40. The molecule has 5 aliphatic rings. The van der Waals surface area contributed by atoms with E-state index in [-0.39, 0.29) is 47.8 Å². The number of carbonyl (C=O) groups excluding carboxylic acids is 2. The van der Waals surface area contributed by atoms with E-state index in [1.165, 1.54) is 16.7 Å². The average molecular weight is 463 g/mol. The molecular weight excluding hydrogens is 428 g/mol. The summed E-state index contributed by atoms with van der Waals surface area (Å²) in [5.41, 5.74) is 2.67. The first-order valence-electron chi connectivity index (χ1n) is 12.7. The molecule has 0 bridgehead atoms. The van der Waals surface area contributed by atoms with Crippen molar-refractivity contribution in [1.82, 2.24) is 0 Å². The fraction of sp³-hybridized carbons (Fsp3) is 0.586. The number of hydrogen-bond acceptors (Lipinski definition) is 5. The Labute approximate surface area is 201 Å². The standard InChI is InChI=1S/C29H34O5/c1-6-21-20-13-19-15(2)18(16-7-9-17(32-5)10-8-16)14-22(19)33-24(20)25-26-28(3,27(31)34-25)12-11-23(30)29(21,26)4/h7-12,18,20-22,24-26H,6,13-14H2,1-5H3/t18-,20+,21+,22+,24+,25+,26+,28-,29+/m1/s1. The van der Waals surface area contributed by atoms with Gasteiger partial charge in [-0.15, -0.1) is 0 Å². The van der Waals surface area contributed by atoms with Crippen LogP contribution in [0, 0.1) is 28.6 Å². The van der Waals surface area contributed by atoms with E-state index in [9.17, 15) is 9.59 Å². The van der Waals surface area contributed by atoms with Gasteiger partial charge < -0.3 is 14.2 Å². The van der Waals surface area contributed by atoms with Crippen molar-refractivity contribution in [1.29, 1.82) is 0 Å². The van der Waals surface area contributed by atoms with E-state index < -0.39 is 10.8 Å². The number of benzene rings is 1. The maximum atomic E-state index is 13.4. The van der Waals surface area contributed by atoms with Gasteiger partial charge in [-0.25, -0.2) is 0 Å². The fourth-order valence-electron chi connectivity index (χ4n) is 8.36. The Kier molecular flexibility index (Phi) is 4.74. The van der Waals surface area contributed by atoms with Crippen LogP contribution in [0.25, 0.3) is 0 Å². The summed E-state index contributed by atoms with van der Waals surface area (Å²) in [4.78, 5) is 26.5. The second kappa shape index (κ2) is 7.30. The summed E-state index contributed by atoms with van der Waals surface area (Å²) in [7, 11) is 1.69. The van der Waals surface area contributed by atoms with Gasteiger partial charge in [-0.05, 0) is 67.9 Å². The molecule has 0 radical (unpaired) electrons. The molecule has 1 aromatic rings. The SMILES string of the molecule is CC[C@H]1[C@@H]2CC3=C(C)[C@H](c4ccc(OC)cc4)C[C@@H]3O[C@@H]2[C@@H]2OC(=O)[C@]3(C)C=CC(=O)[C@@]1(C)[C@@H]23. The Morgan fingerprint density at radius 3 is 2.53 bits per heavy atom. The summed E-state index contributed by atoms with van der Waals surface area (Å²) >= 11 is 0. The summed E-state index contributed by atoms with van der Waals surface area (Å²) in [6.45, 7) is 8.45. The minimum atomic E-state index is -0.761. The number of hydrogen-bond donors (Lipinski definition) is 0. The molecule has 0 spiro atoms. The molecule has 0 aromatic heterocycles. The number of ether oxygens (including phenoxy) is 3. The highest BCUT2D eigenvalue weighted by Crippen LogP contribution is 2.65. The molecule has 180 valence electrons. The number of carbonyl (C=O) groups is 2. The topological polar surface area (TPSA) is 61.8 Å². The Bertz CT molecular complexity index is 1120. The molecule has 0 N–H and O–H groups in total. The molecule has 1 saturated carbocycles. The molecule has 0 unspecified atom stereocenters. The van der Waals surface area contributed by atoms with Crippen LogP contribution in [-0.4, -0.2) is 37.2 Å². The van der Waals surface area contributed by atoms with Crippen LogP contribution >= 0.6 is 0 Å². The minimum Gasteiger partial charge on any atom is -0.497 e. The normalized spacial score (nSPS) is 44.4. The summed E-state index contributed by atoms with van der Waals surface area (Å²) in [5, 5.41) is 0. The van der Waals surface area contributed by atoms with E-state index in [0.717, 1.165) is 25.0 Å². The summed E-state index contributed by atoms with van der Waals surface area (Å²) in [6.07, 6.45) is 5.65. The maximum absolute atomic E-state index is 13.4. The molecule has 34 heavy (non-hydrogen) atoms. The number of allylic oxidation sites excluding steroid dienone is 2. The van der Waals surface area contributed by atoms with Crippen molar-refractivity contribution in [3.05, 3.63) is 53.1 Å². The fourth-order valence-corrected chi connectivity index (χ4v) is 8.36. The van der Waals surface area contributed by atoms with E-state index >= 15 is 0 Å². The molecular formula is C29H34O5. The largest absolute Gasteiger partial charge is 0.497 e. The number of esters is 1. The van der Waals surface area contributed by atoms with Crippen LogP contribution < -0.4 is 4.74 Å². The monoisotopic (exact) mass is 462 g/mol. The van der Waals surface area contributed by atoms with Gasteiger partial charge in [0.15, 0.2) is 5.78 Å². The Balaban J connectivity index is 1.39. The third-order valence-corrected chi connectivity index (χ3v) is 10.1. The summed E-state index contributed by atoms with van der Waals surface area (Å²) in [6, 6.07) is 8.34. The van der Waals surface area contributed by atoms with Crippen molar-refractivity contribution in [2.75, 3.05) is 7.11 Å². The molecule has 6 rings (SSSR count). The van der Waals surface area contributed by atoms with Crippen LogP contribution in [0.15, 0.2) is 47.6 Å². The van der Waals surface area contributed by atoms with Gasteiger partial charge in [0.05, 0.1) is 24.7 Å². The zero-order valence-electron chi connectivity index (χ0n) is 20.7. The molecule has 1 aromatic carbocycles. The zero-order chi connectivity index (χ0) is 24.0. The van der Waals surface area contributed by atoms with E-state index in [2.05, 4.69) is 32.9 Å². The predicted octanol–water partition coefficient (Wildman–Crippen LogP) is 5.01. The average Bonchev–Trinajstić information content (AvgIpc) is 3.30. The van der Waals surface area contributed by atoms with Crippen molar-refractivity contribution in [3.63, 3.8) is 0 Å². The van der Waals surface area contributed by atoms with Crippen molar-refractivity contribution >= 4 is 11.8 Å². The highest BCUT2D eigenvalue weighted by molar-refractivity contribution is 6.00. The van der Waals surface area contributed by atoms with Crippen LogP contribution in [0.2, 0.25) is 0 Å². The zero-order valence-corrected chi connectivity index (χ0v) is 20.7. The maximum Gasteiger partial charge on any atom is 0.316 e. The van der Waals surface area contributed by atoms with Crippen LogP contribution in [0.3, 0.4) is 0 Å². The second-order valence-electron chi connectivity index (χ2n) is 11.4. The number of ketones is 1. The predicted molar refractivity (Wildman–Crippen MR) is 127 cm³/mol. The quantitative estimate of drug-likeness (QED) is 0.467. The minimum absolute atomic E-state index is 0.0376. The highest BCUT2D eigenvalue weighted by Gasteiger charge is 2.72. The van der Waals surface area contributed by atoms with Gasteiger partial charge in [0.1, 0.15) is 11.9 Å². The molecule has 2 heterocycles. The first kappa shape index (κ1) is 22.1. The number of rotatable bonds is 3. The van der Waals surface area contributed by atoms with Gasteiger partial charge >= 0.3 is 5.97 Å². The number of methoxy groups -OCH3 is 1. The van der Waals surface area contributed by atoms with Gasteiger partial charge in [-0.3, -0.25) is 9.59 Å². The van der Waals surface area contributed by atoms with Crippen molar-refractivity contribution < 1.29 is 23.8 Å². The van der Waals surface area contributed by atoms with E-state index in [1.54, 1.807) is 19.3 Å². The van der Waals surface area contributed by atoms with Crippen molar-refractivity contribution in [3.8, 4) is 5.75 Å². The summed E-state index contributed by atoms with van der Waals surface area (Å²) in [5.74, 6) is 1.22. The third kappa shape index (κ3) is 2.65. The third-order valence-electron chi connectivity index (χ3n) is 10.1. The van der Waals surface area contributed by atoms with E-state index in [0.29, 0.717) is 5.92 Å². The molecule has 3 aliphatic carbocycles. The first-order valence-corrected chi connectivity index (χ1v) is 12.7.